The zero-order chi connectivity index (χ0) is 10.1. The van der Waals surface area contributed by atoms with Crippen LogP contribution >= 0.6 is 0 Å². The number of carbonyl (C=O) groups excluding carboxylic acids is 1. The summed E-state index contributed by atoms with van der Waals surface area (Å²) in [5.74, 6) is -0.310. The molecule has 3 heteroatoms. The van der Waals surface area contributed by atoms with Crippen molar-refractivity contribution >= 4 is 5.97 Å². The van der Waals surface area contributed by atoms with Crippen molar-refractivity contribution in [1.82, 2.24) is 0 Å². The molecule has 0 rings (SSSR count). The van der Waals surface area contributed by atoms with Gasteiger partial charge < -0.3 is 9.47 Å². The molecule has 0 saturated carbocycles. The smallest absolute Gasteiger partial charge is 0.330 e. The molecule has 0 amide bonds. The number of carbonyl (C=O) groups is 1. The Balaban J connectivity index is 3.49. The summed E-state index contributed by atoms with van der Waals surface area (Å²) in [6.07, 6.45) is 3.86. The molecular formula is C10H18O3. The van der Waals surface area contributed by atoms with Gasteiger partial charge in [0.15, 0.2) is 0 Å². The molecule has 0 spiro atoms. The van der Waals surface area contributed by atoms with Gasteiger partial charge in [0.1, 0.15) is 6.10 Å². The highest BCUT2D eigenvalue weighted by molar-refractivity contribution is 5.81. The molecule has 13 heavy (non-hydrogen) atoms. The minimum atomic E-state index is -0.310. The first-order valence-electron chi connectivity index (χ1n) is 4.61. The fraction of sp³-hybridized carbons (Fsp3) is 0.700. The molecule has 0 unspecified atom stereocenters. The van der Waals surface area contributed by atoms with E-state index in [0.29, 0.717) is 13.2 Å². The summed E-state index contributed by atoms with van der Waals surface area (Å²) in [5, 5.41) is 0. The van der Waals surface area contributed by atoms with E-state index in [0.717, 1.165) is 6.42 Å². The van der Waals surface area contributed by atoms with Gasteiger partial charge in [0.05, 0.1) is 6.61 Å². The van der Waals surface area contributed by atoms with Crippen molar-refractivity contribution < 1.29 is 14.3 Å². The van der Waals surface area contributed by atoms with Crippen molar-refractivity contribution in [3.63, 3.8) is 0 Å². The third-order valence-corrected chi connectivity index (χ3v) is 1.32. The van der Waals surface area contributed by atoms with Crippen LogP contribution in [0.1, 0.15) is 27.2 Å². The van der Waals surface area contributed by atoms with E-state index in [1.807, 2.05) is 13.8 Å². The molecule has 3 nitrogen and oxygen atoms in total. The number of rotatable bonds is 6. The van der Waals surface area contributed by atoms with Crippen LogP contribution in [-0.4, -0.2) is 25.3 Å². The lowest BCUT2D eigenvalue weighted by atomic mass is 10.4. The van der Waals surface area contributed by atoms with Gasteiger partial charge in [-0.3, -0.25) is 0 Å². The average Bonchev–Trinajstić information content (AvgIpc) is 2.05. The normalized spacial score (nSPS) is 13.2. The topological polar surface area (TPSA) is 35.5 Å². The molecule has 0 aromatic rings. The van der Waals surface area contributed by atoms with Gasteiger partial charge in [-0.25, -0.2) is 4.79 Å². The van der Waals surface area contributed by atoms with Crippen LogP contribution in [0.4, 0.5) is 0 Å². The van der Waals surface area contributed by atoms with Gasteiger partial charge in [0.25, 0.3) is 0 Å². The Morgan fingerprint density at radius 2 is 2.23 bits per heavy atom. The van der Waals surface area contributed by atoms with Crippen LogP contribution in [0, 0.1) is 0 Å². The van der Waals surface area contributed by atoms with Crippen molar-refractivity contribution in [1.29, 1.82) is 0 Å². The molecule has 0 aliphatic heterocycles. The van der Waals surface area contributed by atoms with Crippen LogP contribution in [0.15, 0.2) is 12.2 Å². The molecule has 76 valence electrons. The number of esters is 1. The second-order valence-corrected chi connectivity index (χ2v) is 2.82. The zero-order valence-electron chi connectivity index (χ0n) is 8.58. The van der Waals surface area contributed by atoms with Gasteiger partial charge in [-0.15, -0.1) is 0 Å². The van der Waals surface area contributed by atoms with Crippen molar-refractivity contribution in [2.24, 2.45) is 0 Å². The lowest BCUT2D eigenvalue weighted by Gasteiger charge is -2.11. The van der Waals surface area contributed by atoms with E-state index < -0.39 is 0 Å². The van der Waals surface area contributed by atoms with Crippen molar-refractivity contribution in [2.75, 3.05) is 13.2 Å². The summed E-state index contributed by atoms with van der Waals surface area (Å²) in [7, 11) is 0. The van der Waals surface area contributed by atoms with Crippen LogP contribution in [0.25, 0.3) is 0 Å². The van der Waals surface area contributed by atoms with E-state index in [-0.39, 0.29) is 12.1 Å². The van der Waals surface area contributed by atoms with Crippen LogP contribution in [0.2, 0.25) is 0 Å². The van der Waals surface area contributed by atoms with Crippen LogP contribution in [0.3, 0.4) is 0 Å². The monoisotopic (exact) mass is 186 g/mol. The Morgan fingerprint density at radius 1 is 1.54 bits per heavy atom. The summed E-state index contributed by atoms with van der Waals surface area (Å²) in [6.45, 7) is 6.82. The van der Waals surface area contributed by atoms with Gasteiger partial charge in [-0.1, -0.05) is 13.0 Å². The SMILES string of the molecule is C/C=C\C(=O)O[C@@H](C)COCCC. The predicted molar refractivity (Wildman–Crippen MR) is 51.5 cm³/mol. The van der Waals surface area contributed by atoms with E-state index in [9.17, 15) is 4.79 Å². The van der Waals surface area contributed by atoms with Gasteiger partial charge in [-0.05, 0) is 20.3 Å². The molecule has 0 N–H and O–H groups in total. The molecule has 0 bridgehead atoms. The molecule has 0 fully saturated rings. The minimum absolute atomic E-state index is 0.171. The maximum Gasteiger partial charge on any atom is 0.330 e. The number of ether oxygens (including phenoxy) is 2. The fourth-order valence-corrected chi connectivity index (χ4v) is 0.801. The number of hydrogen-bond donors (Lipinski definition) is 0. The maximum absolute atomic E-state index is 10.9. The first-order valence-corrected chi connectivity index (χ1v) is 4.61. The molecule has 0 radical (unpaired) electrons. The molecule has 0 aromatic heterocycles. The van der Waals surface area contributed by atoms with E-state index in [2.05, 4.69) is 0 Å². The largest absolute Gasteiger partial charge is 0.457 e. The van der Waals surface area contributed by atoms with Crippen molar-refractivity contribution in [2.45, 2.75) is 33.3 Å². The summed E-state index contributed by atoms with van der Waals surface area (Å²) < 4.78 is 10.2. The quantitative estimate of drug-likeness (QED) is 0.361. The average molecular weight is 186 g/mol. The summed E-state index contributed by atoms with van der Waals surface area (Å²) in [4.78, 5) is 10.9. The van der Waals surface area contributed by atoms with Crippen molar-refractivity contribution in [3.8, 4) is 0 Å². The predicted octanol–water partition coefficient (Wildman–Crippen LogP) is 1.92. The fourth-order valence-electron chi connectivity index (χ4n) is 0.801. The van der Waals surface area contributed by atoms with E-state index in [1.165, 1.54) is 6.08 Å². The van der Waals surface area contributed by atoms with E-state index >= 15 is 0 Å². The molecule has 0 heterocycles. The summed E-state index contributed by atoms with van der Waals surface area (Å²) in [6, 6.07) is 0. The van der Waals surface area contributed by atoms with Gasteiger partial charge in [0.2, 0.25) is 0 Å². The highest BCUT2D eigenvalue weighted by Crippen LogP contribution is 1.94. The highest BCUT2D eigenvalue weighted by Gasteiger charge is 2.05. The summed E-state index contributed by atoms with van der Waals surface area (Å²) >= 11 is 0. The Kier molecular flexibility index (Phi) is 7.30. The third-order valence-electron chi connectivity index (χ3n) is 1.32. The molecule has 0 saturated heterocycles. The molecule has 0 aliphatic carbocycles. The molecular weight excluding hydrogens is 168 g/mol. The number of allylic oxidation sites excluding steroid dienone is 1. The Labute approximate surface area is 79.7 Å². The van der Waals surface area contributed by atoms with Crippen LogP contribution in [0.5, 0.6) is 0 Å². The molecule has 1 atom stereocenters. The van der Waals surface area contributed by atoms with Gasteiger partial charge in [-0.2, -0.15) is 0 Å². The van der Waals surface area contributed by atoms with Gasteiger partial charge in [0, 0.05) is 12.7 Å². The zero-order valence-corrected chi connectivity index (χ0v) is 8.58. The maximum atomic E-state index is 10.9. The first-order chi connectivity index (χ1) is 6.20. The van der Waals surface area contributed by atoms with E-state index in [4.69, 9.17) is 9.47 Å². The van der Waals surface area contributed by atoms with Crippen molar-refractivity contribution in [3.05, 3.63) is 12.2 Å². The Bertz CT molecular complexity index is 164. The lowest BCUT2D eigenvalue weighted by Crippen LogP contribution is -2.19. The highest BCUT2D eigenvalue weighted by atomic mass is 16.6. The van der Waals surface area contributed by atoms with Gasteiger partial charge >= 0.3 is 5.97 Å². The second kappa shape index (κ2) is 7.80. The Hall–Kier alpha value is -0.830. The van der Waals surface area contributed by atoms with E-state index in [1.54, 1.807) is 13.0 Å². The summed E-state index contributed by atoms with van der Waals surface area (Å²) in [5.41, 5.74) is 0. The van der Waals surface area contributed by atoms with Crippen LogP contribution < -0.4 is 0 Å². The van der Waals surface area contributed by atoms with Crippen LogP contribution in [-0.2, 0) is 14.3 Å². The molecule has 0 aromatic carbocycles. The standard InChI is InChI=1S/C10H18O3/c1-4-6-10(11)13-9(3)8-12-7-5-2/h4,6,9H,5,7-8H2,1-3H3/b6-4-/t9-/m0/s1. The third kappa shape index (κ3) is 7.53. The first kappa shape index (κ1) is 12.2. The number of hydrogen-bond acceptors (Lipinski definition) is 3. The minimum Gasteiger partial charge on any atom is -0.457 e. The lowest BCUT2D eigenvalue weighted by molar-refractivity contribution is -0.144. The Morgan fingerprint density at radius 3 is 2.77 bits per heavy atom. The molecule has 0 aliphatic rings. The second-order valence-electron chi connectivity index (χ2n) is 2.82.